The molecule has 15 aromatic rings. The Morgan fingerprint density at radius 1 is 0.300 bits per heavy atom. The van der Waals surface area contributed by atoms with E-state index in [4.69, 9.17) is 15.0 Å². The van der Waals surface area contributed by atoms with E-state index in [1.807, 2.05) is 17.4 Å². The first kappa shape index (κ1) is 39.0. The Hall–Kier alpha value is -9.03. The fraction of sp³-hybridized carbons (Fsp3) is 0. The van der Waals surface area contributed by atoms with E-state index in [1.54, 1.807) is 0 Å². The third-order valence-corrected chi connectivity index (χ3v) is 15.5. The van der Waals surface area contributed by atoms with Gasteiger partial charge in [0.15, 0.2) is 17.5 Å². The van der Waals surface area contributed by atoms with Crippen molar-refractivity contribution in [1.82, 2.24) is 19.5 Å². The van der Waals surface area contributed by atoms with Gasteiger partial charge in [-0.2, -0.15) is 0 Å². The maximum absolute atomic E-state index is 5.54. The molecule has 0 radical (unpaired) electrons. The van der Waals surface area contributed by atoms with E-state index in [0.717, 1.165) is 44.4 Å². The molecule has 70 heavy (non-hydrogen) atoms. The van der Waals surface area contributed by atoms with Crippen molar-refractivity contribution in [3.63, 3.8) is 0 Å². The molecule has 324 valence electrons. The summed E-state index contributed by atoms with van der Waals surface area (Å²) in [5.74, 6) is 1.86. The molecular formula is C65H38N4S. The van der Waals surface area contributed by atoms with Crippen molar-refractivity contribution in [1.29, 1.82) is 0 Å². The zero-order chi connectivity index (χ0) is 45.9. The molecule has 0 bridgehead atoms. The van der Waals surface area contributed by atoms with Gasteiger partial charge in [-0.15, -0.1) is 11.3 Å². The van der Waals surface area contributed by atoms with Crippen LogP contribution in [0.2, 0.25) is 0 Å². The minimum atomic E-state index is 0.610. The van der Waals surface area contributed by atoms with Crippen molar-refractivity contribution >= 4 is 107 Å². The van der Waals surface area contributed by atoms with E-state index >= 15 is 0 Å². The average molecular weight is 907 g/mol. The molecule has 0 unspecified atom stereocenters. The fourth-order valence-corrected chi connectivity index (χ4v) is 12.5. The second-order valence-electron chi connectivity index (χ2n) is 18.2. The van der Waals surface area contributed by atoms with Gasteiger partial charge in [-0.1, -0.05) is 182 Å². The normalized spacial score (nSPS) is 12.0. The lowest BCUT2D eigenvalue weighted by Gasteiger charge is -2.19. The summed E-state index contributed by atoms with van der Waals surface area (Å²) >= 11 is 1.86. The van der Waals surface area contributed by atoms with Crippen molar-refractivity contribution in [3.05, 3.63) is 231 Å². The van der Waals surface area contributed by atoms with Crippen LogP contribution in [0.1, 0.15) is 0 Å². The first-order valence-electron chi connectivity index (χ1n) is 23.8. The highest BCUT2D eigenvalue weighted by Crippen LogP contribution is 2.48. The van der Waals surface area contributed by atoms with E-state index < -0.39 is 0 Å². The maximum atomic E-state index is 5.54. The molecule has 0 aliphatic heterocycles. The van der Waals surface area contributed by atoms with Gasteiger partial charge < -0.3 is 4.57 Å². The number of aromatic nitrogens is 4. The smallest absolute Gasteiger partial charge is 0.164 e. The molecule has 0 aliphatic rings. The monoisotopic (exact) mass is 906 g/mol. The van der Waals surface area contributed by atoms with Crippen LogP contribution in [0, 0.1) is 0 Å². The van der Waals surface area contributed by atoms with Crippen LogP contribution in [-0.2, 0) is 0 Å². The summed E-state index contributed by atoms with van der Waals surface area (Å²) in [5.41, 5.74) is 8.49. The molecule has 0 spiro atoms. The molecule has 0 amide bonds. The number of fused-ring (bicyclic) bond motifs is 14. The summed E-state index contributed by atoms with van der Waals surface area (Å²) in [6.45, 7) is 0. The van der Waals surface area contributed by atoms with Crippen LogP contribution in [0.15, 0.2) is 231 Å². The molecule has 0 saturated carbocycles. The van der Waals surface area contributed by atoms with Gasteiger partial charge in [0.25, 0.3) is 0 Å². The lowest BCUT2D eigenvalue weighted by molar-refractivity contribution is 1.08. The number of thiophene rings is 1. The van der Waals surface area contributed by atoms with Gasteiger partial charge in [-0.3, -0.25) is 0 Å². The third kappa shape index (κ3) is 5.86. The number of benzene rings is 12. The van der Waals surface area contributed by atoms with Gasteiger partial charge in [0.1, 0.15) is 0 Å². The van der Waals surface area contributed by atoms with Crippen molar-refractivity contribution in [2.75, 3.05) is 0 Å². The van der Waals surface area contributed by atoms with E-state index in [-0.39, 0.29) is 0 Å². The highest BCUT2D eigenvalue weighted by Gasteiger charge is 2.24. The van der Waals surface area contributed by atoms with Gasteiger partial charge in [0.05, 0.1) is 16.7 Å². The Morgan fingerprint density at radius 2 is 0.871 bits per heavy atom. The Bertz CT molecular complexity index is 4620. The molecule has 0 N–H and O–H groups in total. The van der Waals surface area contributed by atoms with Gasteiger partial charge >= 0.3 is 0 Å². The largest absolute Gasteiger partial charge is 0.309 e. The van der Waals surface area contributed by atoms with Gasteiger partial charge in [0.2, 0.25) is 0 Å². The highest BCUT2D eigenvalue weighted by atomic mass is 32.1. The zero-order valence-corrected chi connectivity index (χ0v) is 38.5. The summed E-state index contributed by atoms with van der Waals surface area (Å²) in [6.07, 6.45) is 0. The number of nitrogens with zero attached hydrogens (tertiary/aromatic N) is 4. The Kier molecular flexibility index (Phi) is 8.49. The van der Waals surface area contributed by atoms with Crippen LogP contribution >= 0.6 is 11.3 Å². The lowest BCUT2D eigenvalue weighted by Crippen LogP contribution is -2.02. The second kappa shape index (κ2) is 15.2. The molecular weight excluding hydrogens is 869 g/mol. The van der Waals surface area contributed by atoms with Gasteiger partial charge in [-0.25, -0.2) is 15.0 Å². The molecule has 3 aromatic heterocycles. The molecule has 15 rings (SSSR count). The van der Waals surface area contributed by atoms with E-state index in [9.17, 15) is 0 Å². The van der Waals surface area contributed by atoms with Crippen LogP contribution in [0.25, 0.3) is 147 Å². The van der Waals surface area contributed by atoms with Crippen LogP contribution < -0.4 is 0 Å². The average Bonchev–Trinajstić information content (AvgIpc) is 3.96. The molecule has 0 fully saturated rings. The summed E-state index contributed by atoms with van der Waals surface area (Å²) < 4.78 is 5.00. The first-order valence-corrected chi connectivity index (χ1v) is 24.6. The van der Waals surface area contributed by atoms with Crippen molar-refractivity contribution in [2.45, 2.75) is 0 Å². The van der Waals surface area contributed by atoms with Gasteiger partial charge in [-0.05, 0) is 97.0 Å². The molecule has 0 saturated heterocycles. The fourth-order valence-electron chi connectivity index (χ4n) is 11.3. The van der Waals surface area contributed by atoms with E-state index in [1.165, 1.54) is 85.0 Å². The minimum Gasteiger partial charge on any atom is -0.309 e. The third-order valence-electron chi connectivity index (χ3n) is 14.4. The Labute approximate surface area is 406 Å². The number of hydrogen-bond acceptors (Lipinski definition) is 4. The van der Waals surface area contributed by atoms with Crippen LogP contribution in [0.4, 0.5) is 0 Å². The maximum Gasteiger partial charge on any atom is 0.164 e. The number of hydrogen-bond donors (Lipinski definition) is 0. The van der Waals surface area contributed by atoms with Crippen molar-refractivity contribution in [2.24, 2.45) is 0 Å². The summed E-state index contributed by atoms with van der Waals surface area (Å²) in [5, 5.41) is 16.9. The van der Waals surface area contributed by atoms with E-state index in [2.05, 4.69) is 229 Å². The second-order valence-corrected chi connectivity index (χ2v) is 19.3. The molecule has 12 aromatic carbocycles. The van der Waals surface area contributed by atoms with Gasteiger partial charge in [0, 0.05) is 64.1 Å². The van der Waals surface area contributed by atoms with Crippen LogP contribution in [0.5, 0.6) is 0 Å². The van der Waals surface area contributed by atoms with Crippen molar-refractivity contribution in [3.8, 4) is 51.0 Å². The molecule has 4 nitrogen and oxygen atoms in total. The highest BCUT2D eigenvalue weighted by molar-refractivity contribution is 7.26. The molecule has 3 heterocycles. The molecule has 5 heteroatoms. The molecule has 0 atom stereocenters. The van der Waals surface area contributed by atoms with Crippen molar-refractivity contribution < 1.29 is 0 Å². The standard InChI is InChI=1S/C65H38N4S/c1-2-17-39(18-3-1)63-66-64(68-65(67-63)52-30-16-29-50-47-24-9-8-23-45(47)46-25-10-11-27-49(46)60(50)52)43-33-34-56(69-55-31-14-12-26-48(55)53-35-40-19-4-5-20-41(40)37-57(53)69)54(36-43)61-44-22-7-6-21-42(44)38-59-62(61)51-28-13-15-32-58(51)70-59/h1-38H. The number of rotatable bonds is 5. The van der Waals surface area contributed by atoms with Crippen LogP contribution in [0.3, 0.4) is 0 Å². The SMILES string of the molecule is c1ccc(-c2nc(-c3ccc(-n4c5ccccc5c5cc6ccccc6cc54)c(-c4c5ccccc5cc5sc6ccccc6c45)c3)nc(-c3cccc4c5ccccc5c5ccccc5c34)n2)cc1. The molecule has 0 aliphatic carbocycles. The zero-order valence-electron chi connectivity index (χ0n) is 37.6. The summed E-state index contributed by atoms with van der Waals surface area (Å²) in [4.78, 5) is 16.3. The summed E-state index contributed by atoms with van der Waals surface area (Å²) in [6, 6.07) is 83.5. The predicted molar refractivity (Wildman–Crippen MR) is 296 cm³/mol. The lowest BCUT2D eigenvalue weighted by atomic mass is 9.91. The predicted octanol–water partition coefficient (Wildman–Crippen LogP) is 17.8. The van der Waals surface area contributed by atoms with Crippen LogP contribution in [-0.4, -0.2) is 19.5 Å². The topological polar surface area (TPSA) is 43.6 Å². The quantitative estimate of drug-likeness (QED) is 0.162. The number of para-hydroxylation sites is 1. The Morgan fingerprint density at radius 3 is 1.64 bits per heavy atom. The first-order chi connectivity index (χ1) is 34.7. The minimum absolute atomic E-state index is 0.610. The Balaban J connectivity index is 1.07. The van der Waals surface area contributed by atoms with E-state index in [0.29, 0.717) is 17.5 Å². The summed E-state index contributed by atoms with van der Waals surface area (Å²) in [7, 11) is 0.